The lowest BCUT2D eigenvalue weighted by Gasteiger charge is -2.44. The van der Waals surface area contributed by atoms with Crippen molar-refractivity contribution in [3.8, 4) is 5.75 Å². The zero-order valence-electron chi connectivity index (χ0n) is 12.6. The molecular weight excluding hydrogens is 266 g/mol. The molecule has 0 amide bonds. The van der Waals surface area contributed by atoms with Crippen molar-refractivity contribution in [1.29, 1.82) is 0 Å². The van der Waals surface area contributed by atoms with Crippen LogP contribution in [0.1, 0.15) is 41.6 Å². The molecule has 4 heteroatoms. The smallest absolute Gasteiger partial charge is 0.150 e. The summed E-state index contributed by atoms with van der Waals surface area (Å²) in [7, 11) is 1.68. The Morgan fingerprint density at radius 3 is 3.05 bits per heavy atom. The van der Waals surface area contributed by atoms with Crippen molar-refractivity contribution >= 4 is 6.29 Å². The summed E-state index contributed by atoms with van der Waals surface area (Å²) in [5, 5.41) is 0. The average molecular weight is 289 g/mol. The molecule has 2 unspecified atom stereocenters. The molecule has 2 fully saturated rings. The first-order chi connectivity index (χ1) is 10.3. The summed E-state index contributed by atoms with van der Waals surface area (Å²) in [5.74, 6) is 0.861. The fourth-order valence-electron chi connectivity index (χ4n) is 3.59. The molecule has 1 saturated carbocycles. The van der Waals surface area contributed by atoms with Crippen LogP contribution in [0.2, 0.25) is 0 Å². The van der Waals surface area contributed by atoms with Crippen LogP contribution in [0.25, 0.3) is 0 Å². The van der Waals surface area contributed by atoms with Crippen molar-refractivity contribution in [3.63, 3.8) is 0 Å². The Morgan fingerprint density at radius 2 is 2.24 bits per heavy atom. The summed E-state index contributed by atoms with van der Waals surface area (Å²) >= 11 is 0. The number of ether oxygens (including phenoxy) is 2. The molecule has 2 atom stereocenters. The molecule has 21 heavy (non-hydrogen) atoms. The number of fused-ring (bicyclic) bond motifs is 1. The van der Waals surface area contributed by atoms with Gasteiger partial charge in [0.05, 0.1) is 19.8 Å². The Kier molecular flexibility index (Phi) is 4.56. The number of hydrogen-bond acceptors (Lipinski definition) is 4. The van der Waals surface area contributed by atoms with E-state index in [9.17, 15) is 4.79 Å². The van der Waals surface area contributed by atoms with Crippen LogP contribution in [-0.4, -0.2) is 43.6 Å². The van der Waals surface area contributed by atoms with E-state index < -0.39 is 0 Å². The van der Waals surface area contributed by atoms with E-state index in [4.69, 9.17) is 9.47 Å². The summed E-state index contributed by atoms with van der Waals surface area (Å²) in [6, 6.07) is 6.15. The summed E-state index contributed by atoms with van der Waals surface area (Å²) in [6.07, 6.45) is 6.22. The number of hydrogen-bond donors (Lipinski definition) is 0. The number of carbonyl (C=O) groups is 1. The Balaban J connectivity index is 1.79. The molecule has 0 spiro atoms. The van der Waals surface area contributed by atoms with E-state index in [1.807, 2.05) is 12.1 Å². The topological polar surface area (TPSA) is 38.8 Å². The molecule has 0 bridgehead atoms. The molecule has 1 heterocycles. The summed E-state index contributed by atoms with van der Waals surface area (Å²) in [5.41, 5.74) is 1.80. The molecule has 1 aliphatic heterocycles. The highest BCUT2D eigenvalue weighted by molar-refractivity contribution is 5.75. The fourth-order valence-corrected chi connectivity index (χ4v) is 3.59. The van der Waals surface area contributed by atoms with Gasteiger partial charge >= 0.3 is 0 Å². The lowest BCUT2D eigenvalue weighted by molar-refractivity contribution is -0.0912. The van der Waals surface area contributed by atoms with Gasteiger partial charge in [-0.1, -0.05) is 12.8 Å². The first kappa shape index (κ1) is 14.5. The molecule has 114 valence electrons. The van der Waals surface area contributed by atoms with E-state index in [1.165, 1.54) is 25.7 Å². The van der Waals surface area contributed by atoms with Gasteiger partial charge in [0.15, 0.2) is 0 Å². The Labute approximate surface area is 126 Å². The van der Waals surface area contributed by atoms with Gasteiger partial charge in [0, 0.05) is 30.3 Å². The van der Waals surface area contributed by atoms with Gasteiger partial charge in [-0.25, -0.2) is 0 Å². The minimum atomic E-state index is 0.382. The predicted octanol–water partition coefficient (Wildman–Crippen LogP) is 2.65. The Bertz CT molecular complexity index is 501. The number of nitrogens with zero attached hydrogens (tertiary/aromatic N) is 1. The van der Waals surface area contributed by atoms with Gasteiger partial charge in [-0.3, -0.25) is 9.69 Å². The third-order valence-corrected chi connectivity index (χ3v) is 4.66. The highest BCUT2D eigenvalue weighted by Gasteiger charge is 2.34. The van der Waals surface area contributed by atoms with E-state index in [2.05, 4.69) is 4.90 Å². The average Bonchev–Trinajstić information content (AvgIpc) is 2.55. The minimum Gasteiger partial charge on any atom is -0.496 e. The van der Waals surface area contributed by atoms with Crippen molar-refractivity contribution in [2.75, 3.05) is 20.3 Å². The number of benzene rings is 1. The molecule has 1 aliphatic carbocycles. The van der Waals surface area contributed by atoms with Gasteiger partial charge < -0.3 is 9.47 Å². The van der Waals surface area contributed by atoms with Crippen molar-refractivity contribution in [1.82, 2.24) is 4.90 Å². The van der Waals surface area contributed by atoms with Gasteiger partial charge in [-0.2, -0.15) is 0 Å². The highest BCUT2D eigenvalue weighted by atomic mass is 16.5. The van der Waals surface area contributed by atoms with Crippen LogP contribution in [0.4, 0.5) is 0 Å². The third kappa shape index (κ3) is 3.11. The molecular formula is C17H23NO3. The van der Waals surface area contributed by atoms with Crippen LogP contribution in [0.3, 0.4) is 0 Å². The molecule has 0 radical (unpaired) electrons. The van der Waals surface area contributed by atoms with Gasteiger partial charge in [0.25, 0.3) is 0 Å². The lowest BCUT2D eigenvalue weighted by Crippen LogP contribution is -2.52. The van der Waals surface area contributed by atoms with Crippen molar-refractivity contribution < 1.29 is 14.3 Å². The van der Waals surface area contributed by atoms with Crippen molar-refractivity contribution in [2.45, 2.75) is 44.4 Å². The quantitative estimate of drug-likeness (QED) is 0.799. The van der Waals surface area contributed by atoms with Crippen molar-refractivity contribution in [3.05, 3.63) is 29.3 Å². The zero-order valence-corrected chi connectivity index (χ0v) is 12.6. The van der Waals surface area contributed by atoms with Crippen LogP contribution in [-0.2, 0) is 11.3 Å². The van der Waals surface area contributed by atoms with E-state index in [0.717, 1.165) is 37.3 Å². The first-order valence-electron chi connectivity index (χ1n) is 7.79. The summed E-state index contributed by atoms with van der Waals surface area (Å²) in [6.45, 7) is 2.59. The van der Waals surface area contributed by atoms with Gasteiger partial charge in [-0.15, -0.1) is 0 Å². The second-order valence-corrected chi connectivity index (χ2v) is 5.92. The van der Waals surface area contributed by atoms with E-state index in [-0.39, 0.29) is 0 Å². The zero-order chi connectivity index (χ0) is 14.7. The highest BCUT2D eigenvalue weighted by Crippen LogP contribution is 2.31. The normalized spacial score (nSPS) is 26.1. The van der Waals surface area contributed by atoms with E-state index in [0.29, 0.717) is 17.7 Å². The van der Waals surface area contributed by atoms with Gasteiger partial charge in [0.2, 0.25) is 0 Å². The van der Waals surface area contributed by atoms with Gasteiger partial charge in [-0.05, 0) is 31.0 Å². The monoisotopic (exact) mass is 289 g/mol. The van der Waals surface area contributed by atoms with Gasteiger partial charge in [0.1, 0.15) is 12.0 Å². The fraction of sp³-hybridized carbons (Fsp3) is 0.588. The second kappa shape index (κ2) is 6.58. The second-order valence-electron chi connectivity index (χ2n) is 5.92. The number of carbonyl (C=O) groups excluding carboxylic acids is 1. The van der Waals surface area contributed by atoms with Crippen LogP contribution < -0.4 is 4.74 Å². The number of methoxy groups -OCH3 is 1. The first-order valence-corrected chi connectivity index (χ1v) is 7.79. The largest absolute Gasteiger partial charge is 0.496 e. The maximum Gasteiger partial charge on any atom is 0.150 e. The molecule has 3 rings (SSSR count). The maximum absolute atomic E-state index is 11.0. The molecule has 0 N–H and O–H groups in total. The van der Waals surface area contributed by atoms with E-state index >= 15 is 0 Å². The van der Waals surface area contributed by atoms with Crippen molar-refractivity contribution in [2.24, 2.45) is 0 Å². The predicted molar refractivity (Wildman–Crippen MR) is 80.8 cm³/mol. The minimum absolute atomic E-state index is 0.382. The lowest BCUT2D eigenvalue weighted by atomic mass is 9.90. The van der Waals surface area contributed by atoms with Crippen LogP contribution in [0.15, 0.2) is 18.2 Å². The van der Waals surface area contributed by atoms with E-state index in [1.54, 1.807) is 13.2 Å². The number of aldehydes is 1. The molecule has 1 saturated heterocycles. The SMILES string of the molecule is COc1ccc(C=O)cc1CN1CCOC2CCCCC21. The third-order valence-electron chi connectivity index (χ3n) is 4.66. The Hall–Kier alpha value is -1.39. The maximum atomic E-state index is 11.0. The standard InChI is InChI=1S/C17H23NO3/c1-20-16-7-6-13(12-19)10-14(16)11-18-8-9-21-17-5-3-2-4-15(17)18/h6-7,10,12,15,17H,2-5,8-9,11H2,1H3. The number of rotatable bonds is 4. The molecule has 0 aromatic heterocycles. The van der Waals surface area contributed by atoms with Crippen LogP contribution in [0.5, 0.6) is 5.75 Å². The van der Waals surface area contributed by atoms with Crippen LogP contribution >= 0.6 is 0 Å². The Morgan fingerprint density at radius 1 is 1.38 bits per heavy atom. The number of morpholine rings is 1. The molecule has 4 nitrogen and oxygen atoms in total. The summed E-state index contributed by atoms with van der Waals surface area (Å²) < 4.78 is 11.4. The summed E-state index contributed by atoms with van der Waals surface area (Å²) in [4.78, 5) is 13.5. The molecule has 2 aliphatic rings. The van der Waals surface area contributed by atoms with Crippen LogP contribution in [0, 0.1) is 0 Å². The molecule has 1 aromatic rings. The molecule has 1 aromatic carbocycles.